The fourth-order valence-corrected chi connectivity index (χ4v) is 2.39. The third kappa shape index (κ3) is 4.07. The number of aliphatic hydroxyl groups is 1. The van der Waals surface area contributed by atoms with Gasteiger partial charge in [0.25, 0.3) is 0 Å². The molecule has 1 heterocycles. The predicted molar refractivity (Wildman–Crippen MR) is 76.4 cm³/mol. The smallest absolute Gasteiger partial charge is 0.410 e. The molecule has 0 unspecified atom stereocenters. The van der Waals surface area contributed by atoms with Crippen molar-refractivity contribution in [1.82, 2.24) is 4.90 Å². The van der Waals surface area contributed by atoms with Crippen LogP contribution in [0.5, 0.6) is 0 Å². The first kappa shape index (κ1) is 16.7. The number of carbonyl (C=O) groups excluding carboxylic acids is 2. The Balaban J connectivity index is 2.87. The van der Waals surface area contributed by atoms with Crippen LogP contribution in [0.3, 0.4) is 0 Å². The first-order valence-electron chi connectivity index (χ1n) is 7.03. The molecule has 0 spiro atoms. The number of likely N-dealkylation sites (tertiary alicyclic amines) is 1. The minimum Gasteiger partial charge on any atom is -0.444 e. The molecular weight excluding hydrogens is 258 g/mol. The highest BCUT2D eigenvalue weighted by molar-refractivity contribution is 5.72. The Kier molecular flexibility index (Phi) is 5.34. The Morgan fingerprint density at radius 2 is 2.10 bits per heavy atom. The van der Waals surface area contributed by atoms with Gasteiger partial charge in [-0.25, -0.2) is 4.79 Å². The van der Waals surface area contributed by atoms with Crippen LogP contribution in [0.1, 0.15) is 47.0 Å². The van der Waals surface area contributed by atoms with Crippen LogP contribution in [0.15, 0.2) is 12.2 Å². The topological polar surface area (TPSA) is 66.8 Å². The molecule has 1 aliphatic heterocycles. The van der Waals surface area contributed by atoms with E-state index in [0.717, 1.165) is 6.42 Å². The lowest BCUT2D eigenvalue weighted by Crippen LogP contribution is -2.53. The molecule has 0 aromatic carbocycles. The highest BCUT2D eigenvalue weighted by atomic mass is 16.6. The van der Waals surface area contributed by atoms with E-state index in [2.05, 4.69) is 0 Å². The van der Waals surface area contributed by atoms with Crippen LogP contribution in [0.2, 0.25) is 0 Å². The third-order valence-electron chi connectivity index (χ3n) is 3.34. The van der Waals surface area contributed by atoms with Gasteiger partial charge in [0, 0.05) is 13.0 Å². The maximum absolute atomic E-state index is 12.2. The van der Waals surface area contributed by atoms with Crippen molar-refractivity contribution in [1.29, 1.82) is 0 Å². The SMILES string of the molecule is C/C=C/C[C@@](O)(C=O)[C@H]1CCCN1C(=O)OC(C)(C)C. The summed E-state index contributed by atoms with van der Waals surface area (Å²) in [6.45, 7) is 7.71. The number of amides is 1. The van der Waals surface area contributed by atoms with Gasteiger partial charge in [0.15, 0.2) is 6.29 Å². The highest BCUT2D eigenvalue weighted by Gasteiger charge is 2.45. The third-order valence-corrected chi connectivity index (χ3v) is 3.34. The maximum atomic E-state index is 12.2. The van der Waals surface area contributed by atoms with Crippen LogP contribution in [0, 0.1) is 0 Å². The van der Waals surface area contributed by atoms with Gasteiger partial charge in [0.05, 0.1) is 6.04 Å². The largest absolute Gasteiger partial charge is 0.444 e. The lowest BCUT2D eigenvalue weighted by Gasteiger charge is -2.35. The van der Waals surface area contributed by atoms with E-state index in [9.17, 15) is 14.7 Å². The summed E-state index contributed by atoms with van der Waals surface area (Å²) < 4.78 is 5.34. The average molecular weight is 283 g/mol. The molecule has 5 heteroatoms. The highest BCUT2D eigenvalue weighted by Crippen LogP contribution is 2.30. The first-order valence-corrected chi connectivity index (χ1v) is 7.03. The molecule has 0 aromatic rings. The summed E-state index contributed by atoms with van der Waals surface area (Å²) in [5.41, 5.74) is -2.13. The number of hydrogen-bond acceptors (Lipinski definition) is 4. The number of allylic oxidation sites excluding steroid dienone is 1. The molecule has 5 nitrogen and oxygen atoms in total. The van der Waals surface area contributed by atoms with Crippen molar-refractivity contribution in [2.45, 2.75) is 64.2 Å². The standard InChI is InChI=1S/C15H25NO4/c1-5-6-9-15(19,11-17)12-8-7-10-16(12)13(18)20-14(2,3)4/h5-6,11-12,19H,7-10H2,1-4H3/b6-5+/t12-,15-/m1/s1. The van der Waals surface area contributed by atoms with Crippen molar-refractivity contribution in [3.05, 3.63) is 12.2 Å². The summed E-state index contributed by atoms with van der Waals surface area (Å²) in [4.78, 5) is 25.0. The van der Waals surface area contributed by atoms with Gasteiger partial charge in [-0.3, -0.25) is 0 Å². The van der Waals surface area contributed by atoms with E-state index < -0.39 is 23.3 Å². The Morgan fingerprint density at radius 1 is 1.45 bits per heavy atom. The van der Waals surface area contributed by atoms with E-state index in [1.807, 2.05) is 6.92 Å². The predicted octanol–water partition coefficient (Wildman–Crippen LogP) is 2.28. The zero-order valence-electron chi connectivity index (χ0n) is 12.8. The van der Waals surface area contributed by atoms with E-state index in [4.69, 9.17) is 4.74 Å². The fraction of sp³-hybridized carbons (Fsp3) is 0.733. The van der Waals surface area contributed by atoms with Crippen molar-refractivity contribution >= 4 is 12.4 Å². The molecule has 1 aliphatic rings. The lowest BCUT2D eigenvalue weighted by molar-refractivity contribution is -0.129. The summed E-state index contributed by atoms with van der Waals surface area (Å²) in [6, 6.07) is -0.522. The normalized spacial score (nSPS) is 22.9. The van der Waals surface area contributed by atoms with Crippen LogP contribution >= 0.6 is 0 Å². The summed E-state index contributed by atoms with van der Waals surface area (Å²) in [5, 5.41) is 10.5. The van der Waals surface area contributed by atoms with Crippen molar-refractivity contribution in [3.8, 4) is 0 Å². The van der Waals surface area contributed by atoms with Gasteiger partial charge in [0.1, 0.15) is 11.2 Å². The zero-order valence-corrected chi connectivity index (χ0v) is 12.8. The number of rotatable bonds is 4. The van der Waals surface area contributed by atoms with E-state index in [-0.39, 0.29) is 6.42 Å². The Labute approximate surface area is 120 Å². The second-order valence-corrected chi connectivity index (χ2v) is 6.21. The number of ether oxygens (including phenoxy) is 1. The first-order chi connectivity index (χ1) is 9.23. The van der Waals surface area contributed by atoms with E-state index in [1.54, 1.807) is 32.9 Å². The molecule has 2 atom stereocenters. The summed E-state index contributed by atoms with van der Waals surface area (Å²) >= 11 is 0. The molecular formula is C15H25NO4. The molecule has 0 bridgehead atoms. The van der Waals surface area contributed by atoms with Gasteiger partial charge in [-0.05, 0) is 40.5 Å². The van der Waals surface area contributed by atoms with Gasteiger partial charge in [0.2, 0.25) is 0 Å². The van der Waals surface area contributed by atoms with E-state index in [1.165, 1.54) is 4.90 Å². The number of carbonyl (C=O) groups is 2. The zero-order chi connectivity index (χ0) is 15.4. The summed E-state index contributed by atoms with van der Waals surface area (Å²) in [6.07, 6.45) is 5.15. The van der Waals surface area contributed by atoms with Crippen molar-refractivity contribution in [2.24, 2.45) is 0 Å². The Bertz CT molecular complexity index is 386. The molecule has 0 aromatic heterocycles. The average Bonchev–Trinajstić information content (AvgIpc) is 2.83. The minimum atomic E-state index is -1.54. The summed E-state index contributed by atoms with van der Waals surface area (Å²) in [5.74, 6) is 0. The van der Waals surface area contributed by atoms with E-state index in [0.29, 0.717) is 19.3 Å². The second kappa shape index (κ2) is 6.39. The molecule has 1 fully saturated rings. The van der Waals surface area contributed by atoms with Crippen molar-refractivity contribution < 1.29 is 19.4 Å². The number of aldehydes is 1. The van der Waals surface area contributed by atoms with Gasteiger partial charge in [-0.2, -0.15) is 0 Å². The monoisotopic (exact) mass is 283 g/mol. The molecule has 114 valence electrons. The molecule has 1 rings (SSSR count). The lowest BCUT2D eigenvalue weighted by atomic mass is 9.90. The van der Waals surface area contributed by atoms with Crippen molar-refractivity contribution in [3.63, 3.8) is 0 Å². The molecule has 0 saturated carbocycles. The minimum absolute atomic E-state index is 0.205. The Hall–Kier alpha value is -1.36. The van der Waals surface area contributed by atoms with Crippen LogP contribution in [0.4, 0.5) is 4.79 Å². The van der Waals surface area contributed by atoms with Gasteiger partial charge in [-0.1, -0.05) is 12.2 Å². The number of hydrogen-bond donors (Lipinski definition) is 1. The maximum Gasteiger partial charge on any atom is 0.410 e. The second-order valence-electron chi connectivity index (χ2n) is 6.21. The van der Waals surface area contributed by atoms with Crippen LogP contribution in [-0.4, -0.2) is 46.2 Å². The van der Waals surface area contributed by atoms with Crippen molar-refractivity contribution in [2.75, 3.05) is 6.54 Å². The Morgan fingerprint density at radius 3 is 2.60 bits per heavy atom. The van der Waals surface area contributed by atoms with Crippen LogP contribution in [0.25, 0.3) is 0 Å². The van der Waals surface area contributed by atoms with Gasteiger partial charge in [-0.15, -0.1) is 0 Å². The summed E-state index contributed by atoms with van der Waals surface area (Å²) in [7, 11) is 0. The molecule has 1 amide bonds. The van der Waals surface area contributed by atoms with E-state index >= 15 is 0 Å². The van der Waals surface area contributed by atoms with Crippen LogP contribution in [-0.2, 0) is 9.53 Å². The molecule has 0 aliphatic carbocycles. The molecule has 1 N–H and O–H groups in total. The van der Waals surface area contributed by atoms with Gasteiger partial charge < -0.3 is 19.5 Å². The number of nitrogens with zero attached hydrogens (tertiary/aromatic N) is 1. The molecule has 1 saturated heterocycles. The quantitative estimate of drug-likeness (QED) is 0.635. The van der Waals surface area contributed by atoms with Gasteiger partial charge >= 0.3 is 6.09 Å². The molecule has 0 radical (unpaired) electrons. The van der Waals surface area contributed by atoms with Crippen LogP contribution < -0.4 is 0 Å². The molecule has 20 heavy (non-hydrogen) atoms. The fourth-order valence-electron chi connectivity index (χ4n) is 2.39.